The molecule has 0 atom stereocenters. The number of carbonyl (C=O) groups is 2. The first-order valence-corrected chi connectivity index (χ1v) is 8.61. The van der Waals surface area contributed by atoms with Crippen LogP contribution < -0.4 is 5.32 Å². The Morgan fingerprint density at radius 3 is 2.48 bits per heavy atom. The Hall–Kier alpha value is -3.48. The molecule has 0 spiro atoms. The van der Waals surface area contributed by atoms with Crippen LogP contribution in [0.2, 0.25) is 0 Å². The fourth-order valence-corrected chi connectivity index (χ4v) is 2.58. The van der Waals surface area contributed by atoms with Crippen LogP contribution in [0, 0.1) is 6.92 Å². The number of carbonyl (C=O) groups excluding carboxylic acids is 2. The van der Waals surface area contributed by atoms with E-state index in [1.54, 1.807) is 36.1 Å². The zero-order valence-corrected chi connectivity index (χ0v) is 15.2. The molecule has 0 radical (unpaired) electrons. The van der Waals surface area contributed by atoms with Crippen LogP contribution in [0.3, 0.4) is 0 Å². The SMILES string of the molecule is CCN(Cc1ccccc1)C(=O)c1cccc(C(=O)Nc2cc(C)on2)n1. The van der Waals surface area contributed by atoms with Crippen molar-refractivity contribution in [3.8, 4) is 0 Å². The Morgan fingerprint density at radius 1 is 1.07 bits per heavy atom. The molecular weight excluding hydrogens is 344 g/mol. The zero-order chi connectivity index (χ0) is 19.2. The molecule has 27 heavy (non-hydrogen) atoms. The lowest BCUT2D eigenvalue weighted by Gasteiger charge is -2.20. The molecule has 0 fully saturated rings. The van der Waals surface area contributed by atoms with Crippen LogP contribution in [0.4, 0.5) is 5.82 Å². The van der Waals surface area contributed by atoms with Gasteiger partial charge in [0, 0.05) is 19.2 Å². The molecule has 1 N–H and O–H groups in total. The van der Waals surface area contributed by atoms with Crippen molar-refractivity contribution in [1.29, 1.82) is 0 Å². The van der Waals surface area contributed by atoms with Crippen molar-refractivity contribution >= 4 is 17.6 Å². The minimum atomic E-state index is -0.455. The molecule has 7 heteroatoms. The largest absolute Gasteiger partial charge is 0.360 e. The highest BCUT2D eigenvalue weighted by Crippen LogP contribution is 2.12. The number of hydrogen-bond acceptors (Lipinski definition) is 5. The number of anilines is 1. The molecule has 0 aliphatic rings. The van der Waals surface area contributed by atoms with E-state index in [-0.39, 0.29) is 17.3 Å². The van der Waals surface area contributed by atoms with Crippen molar-refractivity contribution < 1.29 is 14.1 Å². The predicted octanol–water partition coefficient (Wildman–Crippen LogP) is 3.29. The molecule has 0 aliphatic heterocycles. The monoisotopic (exact) mass is 364 g/mol. The Bertz CT molecular complexity index is 937. The summed E-state index contributed by atoms with van der Waals surface area (Å²) in [5, 5.41) is 6.31. The molecule has 138 valence electrons. The molecular formula is C20H20N4O3. The standard InChI is InChI=1S/C20H20N4O3/c1-3-24(13-15-8-5-4-6-9-15)20(26)17-11-7-10-16(21-17)19(25)22-18-12-14(2)27-23-18/h4-12H,3,13H2,1-2H3,(H,22,23,25). The van der Waals surface area contributed by atoms with Gasteiger partial charge >= 0.3 is 0 Å². The number of aromatic nitrogens is 2. The van der Waals surface area contributed by atoms with Crippen LogP contribution in [0.25, 0.3) is 0 Å². The number of benzene rings is 1. The summed E-state index contributed by atoms with van der Waals surface area (Å²) in [5.41, 5.74) is 1.39. The van der Waals surface area contributed by atoms with E-state index in [0.717, 1.165) is 5.56 Å². The zero-order valence-electron chi connectivity index (χ0n) is 15.2. The number of aryl methyl sites for hydroxylation is 1. The van der Waals surface area contributed by atoms with E-state index < -0.39 is 5.91 Å². The Balaban J connectivity index is 1.75. The second-order valence-corrected chi connectivity index (χ2v) is 5.99. The average molecular weight is 364 g/mol. The summed E-state index contributed by atoms with van der Waals surface area (Å²) >= 11 is 0. The van der Waals surface area contributed by atoms with Gasteiger partial charge in [0.05, 0.1) is 0 Å². The average Bonchev–Trinajstić information content (AvgIpc) is 3.11. The molecule has 3 rings (SSSR count). The third-order valence-electron chi connectivity index (χ3n) is 3.96. The molecule has 2 heterocycles. The van der Waals surface area contributed by atoms with Gasteiger partial charge in [-0.2, -0.15) is 0 Å². The van der Waals surface area contributed by atoms with Crippen LogP contribution >= 0.6 is 0 Å². The lowest BCUT2D eigenvalue weighted by Crippen LogP contribution is -2.31. The summed E-state index contributed by atoms with van der Waals surface area (Å²) in [5.74, 6) is 0.203. The second-order valence-electron chi connectivity index (χ2n) is 5.99. The second kappa shape index (κ2) is 8.27. The maximum absolute atomic E-state index is 12.8. The van der Waals surface area contributed by atoms with Gasteiger partial charge < -0.3 is 14.7 Å². The molecule has 0 saturated heterocycles. The molecule has 7 nitrogen and oxygen atoms in total. The van der Waals surface area contributed by atoms with E-state index in [4.69, 9.17) is 4.52 Å². The minimum Gasteiger partial charge on any atom is -0.360 e. The highest BCUT2D eigenvalue weighted by atomic mass is 16.5. The van der Waals surface area contributed by atoms with Crippen molar-refractivity contribution in [1.82, 2.24) is 15.0 Å². The van der Waals surface area contributed by atoms with Crippen molar-refractivity contribution in [2.75, 3.05) is 11.9 Å². The summed E-state index contributed by atoms with van der Waals surface area (Å²) in [6, 6.07) is 16.1. The normalized spacial score (nSPS) is 10.4. The van der Waals surface area contributed by atoms with E-state index in [1.807, 2.05) is 37.3 Å². The summed E-state index contributed by atoms with van der Waals surface area (Å²) in [6.07, 6.45) is 0. The number of nitrogens with zero attached hydrogens (tertiary/aromatic N) is 3. The van der Waals surface area contributed by atoms with E-state index in [1.165, 1.54) is 0 Å². The van der Waals surface area contributed by atoms with E-state index in [2.05, 4.69) is 15.5 Å². The van der Waals surface area contributed by atoms with Gasteiger partial charge in [0.25, 0.3) is 11.8 Å². The number of rotatable bonds is 6. The third-order valence-corrected chi connectivity index (χ3v) is 3.96. The molecule has 2 amide bonds. The number of hydrogen-bond donors (Lipinski definition) is 1. The van der Waals surface area contributed by atoms with Crippen LogP contribution in [-0.4, -0.2) is 33.4 Å². The Kier molecular flexibility index (Phi) is 5.61. The molecule has 0 bridgehead atoms. The first kappa shape index (κ1) is 18.3. The van der Waals surface area contributed by atoms with Crippen LogP contribution in [0.15, 0.2) is 59.1 Å². The highest BCUT2D eigenvalue weighted by Gasteiger charge is 2.18. The molecule has 0 aliphatic carbocycles. The maximum atomic E-state index is 12.8. The van der Waals surface area contributed by atoms with Crippen molar-refractivity contribution in [2.45, 2.75) is 20.4 Å². The quantitative estimate of drug-likeness (QED) is 0.725. The highest BCUT2D eigenvalue weighted by molar-refractivity contribution is 6.03. The number of amides is 2. The first-order chi connectivity index (χ1) is 13.1. The topological polar surface area (TPSA) is 88.3 Å². The third kappa shape index (κ3) is 4.58. The summed E-state index contributed by atoms with van der Waals surface area (Å²) < 4.78 is 4.92. The van der Waals surface area contributed by atoms with E-state index in [0.29, 0.717) is 24.7 Å². The van der Waals surface area contributed by atoms with Crippen molar-refractivity contribution in [3.05, 3.63) is 77.3 Å². The van der Waals surface area contributed by atoms with Gasteiger partial charge in [-0.05, 0) is 31.5 Å². The van der Waals surface area contributed by atoms with Gasteiger partial charge in [-0.25, -0.2) is 4.98 Å². The molecule has 2 aromatic heterocycles. The summed E-state index contributed by atoms with van der Waals surface area (Å²) in [7, 11) is 0. The van der Waals surface area contributed by atoms with Gasteiger partial charge in [0.2, 0.25) is 0 Å². The fraction of sp³-hybridized carbons (Fsp3) is 0.200. The Labute approximate surface area is 157 Å². The van der Waals surface area contributed by atoms with Crippen molar-refractivity contribution in [2.24, 2.45) is 0 Å². The van der Waals surface area contributed by atoms with Crippen LogP contribution in [-0.2, 0) is 6.54 Å². The number of nitrogens with one attached hydrogen (secondary N) is 1. The van der Waals surface area contributed by atoms with Crippen LogP contribution in [0.5, 0.6) is 0 Å². The lowest BCUT2D eigenvalue weighted by atomic mass is 10.2. The Morgan fingerprint density at radius 2 is 1.81 bits per heavy atom. The van der Waals surface area contributed by atoms with Gasteiger partial charge in [-0.1, -0.05) is 41.6 Å². The van der Waals surface area contributed by atoms with Gasteiger partial charge in [0.1, 0.15) is 17.1 Å². The number of pyridine rings is 1. The molecule has 1 aromatic carbocycles. The van der Waals surface area contributed by atoms with Gasteiger partial charge in [-0.3, -0.25) is 9.59 Å². The van der Waals surface area contributed by atoms with E-state index in [9.17, 15) is 9.59 Å². The smallest absolute Gasteiger partial charge is 0.275 e. The minimum absolute atomic E-state index is 0.136. The first-order valence-electron chi connectivity index (χ1n) is 8.61. The van der Waals surface area contributed by atoms with Gasteiger partial charge in [-0.15, -0.1) is 0 Å². The molecule has 0 unspecified atom stereocenters. The molecule has 3 aromatic rings. The van der Waals surface area contributed by atoms with Gasteiger partial charge in [0.15, 0.2) is 5.82 Å². The summed E-state index contributed by atoms with van der Waals surface area (Å²) in [4.78, 5) is 31.1. The van der Waals surface area contributed by atoms with Crippen LogP contribution in [0.1, 0.15) is 39.2 Å². The lowest BCUT2D eigenvalue weighted by molar-refractivity contribution is 0.0746. The summed E-state index contributed by atoms with van der Waals surface area (Å²) in [6.45, 7) is 4.65. The van der Waals surface area contributed by atoms with Crippen molar-refractivity contribution in [3.63, 3.8) is 0 Å². The molecule has 0 saturated carbocycles. The fourth-order valence-electron chi connectivity index (χ4n) is 2.58. The predicted molar refractivity (Wildman–Crippen MR) is 100 cm³/mol. The maximum Gasteiger partial charge on any atom is 0.275 e. The van der Waals surface area contributed by atoms with E-state index >= 15 is 0 Å².